The van der Waals surface area contributed by atoms with Crippen LogP contribution < -0.4 is 4.74 Å². The first-order valence-corrected chi connectivity index (χ1v) is 13.7. The number of likely N-dealkylation sites (tertiary alicyclic amines) is 1. The summed E-state index contributed by atoms with van der Waals surface area (Å²) in [4.78, 5) is 30.4. The van der Waals surface area contributed by atoms with Crippen LogP contribution in [0.4, 0.5) is 0 Å². The molecule has 0 bridgehead atoms. The van der Waals surface area contributed by atoms with Gasteiger partial charge in [0, 0.05) is 18.7 Å². The molecule has 4 rings (SSSR count). The molecular weight excluding hydrogens is 488 g/mol. The summed E-state index contributed by atoms with van der Waals surface area (Å²) in [5, 5.41) is 11.4. The number of aryl methyl sites for hydroxylation is 2. The minimum Gasteiger partial charge on any atom is -0.507 e. The fourth-order valence-corrected chi connectivity index (χ4v) is 5.01. The van der Waals surface area contributed by atoms with Crippen LogP contribution in [0, 0.1) is 6.92 Å². The van der Waals surface area contributed by atoms with Gasteiger partial charge >= 0.3 is 0 Å². The Morgan fingerprint density at radius 3 is 2.23 bits per heavy atom. The number of nitrogens with zero attached hydrogens (tertiary/aromatic N) is 2. The van der Waals surface area contributed by atoms with Gasteiger partial charge in [-0.25, -0.2) is 0 Å². The molecule has 1 aliphatic rings. The van der Waals surface area contributed by atoms with E-state index in [1.807, 2.05) is 49.4 Å². The normalized spacial score (nSPS) is 16.7. The molecule has 1 amide bonds. The first kappa shape index (κ1) is 28.1. The lowest BCUT2D eigenvalue weighted by Crippen LogP contribution is -2.38. The van der Waals surface area contributed by atoms with Gasteiger partial charge in [-0.15, -0.1) is 0 Å². The van der Waals surface area contributed by atoms with E-state index in [1.165, 1.54) is 11.1 Å². The van der Waals surface area contributed by atoms with Crippen molar-refractivity contribution in [1.29, 1.82) is 0 Å². The van der Waals surface area contributed by atoms with Crippen LogP contribution in [0.1, 0.15) is 54.6 Å². The molecule has 6 nitrogen and oxygen atoms in total. The zero-order chi connectivity index (χ0) is 27.9. The number of ether oxygens (including phenoxy) is 1. The second-order valence-electron chi connectivity index (χ2n) is 9.92. The van der Waals surface area contributed by atoms with Crippen molar-refractivity contribution >= 4 is 17.4 Å². The van der Waals surface area contributed by atoms with Crippen molar-refractivity contribution in [2.24, 2.45) is 0 Å². The molecule has 204 valence electrons. The molecule has 1 N–H and O–H groups in total. The molecule has 0 spiro atoms. The molecule has 1 saturated heterocycles. The highest BCUT2D eigenvalue weighted by Gasteiger charge is 2.45. The minimum absolute atomic E-state index is 0.122. The van der Waals surface area contributed by atoms with Crippen molar-refractivity contribution in [3.8, 4) is 5.75 Å². The van der Waals surface area contributed by atoms with E-state index in [2.05, 4.69) is 31.7 Å². The number of benzene rings is 3. The summed E-state index contributed by atoms with van der Waals surface area (Å²) >= 11 is 0. The van der Waals surface area contributed by atoms with Crippen LogP contribution in [-0.2, 0) is 22.6 Å². The van der Waals surface area contributed by atoms with Crippen molar-refractivity contribution in [1.82, 2.24) is 9.80 Å². The number of carbonyl (C=O) groups is 2. The third-order valence-electron chi connectivity index (χ3n) is 7.41. The van der Waals surface area contributed by atoms with Gasteiger partial charge in [-0.1, -0.05) is 74.9 Å². The fourth-order valence-electron chi connectivity index (χ4n) is 5.01. The van der Waals surface area contributed by atoms with Crippen LogP contribution in [0.2, 0.25) is 0 Å². The summed E-state index contributed by atoms with van der Waals surface area (Å²) in [6.45, 7) is 11.5. The maximum Gasteiger partial charge on any atom is 0.295 e. The average molecular weight is 527 g/mol. The SMILES string of the molecule is CCc1ccc(C2/C(=C(/O)c3ccc(OCc4cccc(C)c4)cc3)C(=O)C(=O)N2CCN(CC)CC)cc1. The van der Waals surface area contributed by atoms with Gasteiger partial charge in [-0.05, 0) is 67.4 Å². The summed E-state index contributed by atoms with van der Waals surface area (Å²) < 4.78 is 5.92. The minimum atomic E-state index is -0.656. The maximum absolute atomic E-state index is 13.3. The molecule has 1 fully saturated rings. The van der Waals surface area contributed by atoms with Crippen LogP contribution in [0.25, 0.3) is 5.76 Å². The van der Waals surface area contributed by atoms with Crippen LogP contribution in [0.15, 0.2) is 78.4 Å². The molecule has 1 atom stereocenters. The van der Waals surface area contributed by atoms with Crippen LogP contribution in [0.3, 0.4) is 0 Å². The summed E-state index contributed by atoms with van der Waals surface area (Å²) in [7, 11) is 0. The summed E-state index contributed by atoms with van der Waals surface area (Å²) in [6, 6.07) is 22.4. The molecule has 1 heterocycles. The third kappa shape index (κ3) is 6.40. The topological polar surface area (TPSA) is 70.1 Å². The zero-order valence-corrected chi connectivity index (χ0v) is 23.3. The monoisotopic (exact) mass is 526 g/mol. The molecule has 39 heavy (non-hydrogen) atoms. The lowest BCUT2D eigenvalue weighted by Gasteiger charge is -2.28. The molecule has 0 aromatic heterocycles. The van der Waals surface area contributed by atoms with Gasteiger partial charge in [-0.2, -0.15) is 0 Å². The van der Waals surface area contributed by atoms with Crippen molar-refractivity contribution in [3.05, 3.63) is 106 Å². The van der Waals surface area contributed by atoms with Gasteiger partial charge in [0.25, 0.3) is 11.7 Å². The van der Waals surface area contributed by atoms with Gasteiger partial charge in [0.2, 0.25) is 0 Å². The number of aliphatic hydroxyl groups is 1. The number of ketones is 1. The summed E-state index contributed by atoms with van der Waals surface area (Å²) in [5.74, 6) is -0.754. The smallest absolute Gasteiger partial charge is 0.295 e. The number of amides is 1. The van der Waals surface area contributed by atoms with Crippen molar-refractivity contribution < 1.29 is 19.4 Å². The van der Waals surface area contributed by atoms with E-state index < -0.39 is 17.7 Å². The van der Waals surface area contributed by atoms with E-state index in [9.17, 15) is 14.7 Å². The molecule has 0 radical (unpaired) electrons. The van der Waals surface area contributed by atoms with Gasteiger partial charge < -0.3 is 19.6 Å². The number of hydrogen-bond acceptors (Lipinski definition) is 5. The Hall–Kier alpha value is -3.90. The number of likely N-dealkylation sites (N-methyl/N-ethyl adjacent to an activating group) is 1. The first-order chi connectivity index (χ1) is 18.9. The zero-order valence-electron chi connectivity index (χ0n) is 23.3. The molecular formula is C33H38N2O4. The van der Waals surface area contributed by atoms with Gasteiger partial charge in [-0.3, -0.25) is 9.59 Å². The average Bonchev–Trinajstić information content (AvgIpc) is 3.21. The Morgan fingerprint density at radius 2 is 1.62 bits per heavy atom. The van der Waals surface area contributed by atoms with Crippen LogP contribution >= 0.6 is 0 Å². The van der Waals surface area contributed by atoms with E-state index in [-0.39, 0.29) is 11.3 Å². The molecule has 6 heteroatoms. The highest BCUT2D eigenvalue weighted by atomic mass is 16.5. The Labute approximate surface area is 231 Å². The lowest BCUT2D eigenvalue weighted by molar-refractivity contribution is -0.140. The molecule has 3 aromatic rings. The number of aliphatic hydroxyl groups excluding tert-OH is 1. The number of hydrogen-bond donors (Lipinski definition) is 1. The molecule has 3 aromatic carbocycles. The van der Waals surface area contributed by atoms with E-state index in [4.69, 9.17) is 4.74 Å². The largest absolute Gasteiger partial charge is 0.507 e. The molecule has 0 saturated carbocycles. The predicted octanol–water partition coefficient (Wildman–Crippen LogP) is 5.90. The van der Waals surface area contributed by atoms with E-state index in [1.54, 1.807) is 29.2 Å². The second-order valence-corrected chi connectivity index (χ2v) is 9.92. The lowest BCUT2D eigenvalue weighted by atomic mass is 9.94. The van der Waals surface area contributed by atoms with Crippen molar-refractivity contribution in [2.75, 3.05) is 26.2 Å². The number of rotatable bonds is 11. The van der Waals surface area contributed by atoms with Crippen LogP contribution in [0.5, 0.6) is 5.75 Å². The van der Waals surface area contributed by atoms with Gasteiger partial charge in [0.15, 0.2) is 0 Å². The standard InChI is InChI=1S/C33H38N2O4/c1-5-24-11-13-26(14-12-24)30-29(32(37)33(38)35(30)20-19-34(6-2)7-3)31(36)27-15-17-28(18-16-27)39-22-25-10-8-9-23(4)21-25/h8-18,21,30,36H,5-7,19-20,22H2,1-4H3/b31-29-. The van der Waals surface area contributed by atoms with E-state index in [0.29, 0.717) is 31.0 Å². The molecule has 1 aliphatic heterocycles. The first-order valence-electron chi connectivity index (χ1n) is 13.7. The summed E-state index contributed by atoms with van der Waals surface area (Å²) in [6.07, 6.45) is 0.890. The molecule has 0 aliphatic carbocycles. The Kier molecular flexibility index (Phi) is 9.20. The van der Waals surface area contributed by atoms with Crippen molar-refractivity contribution in [3.63, 3.8) is 0 Å². The highest BCUT2D eigenvalue weighted by molar-refractivity contribution is 6.46. The maximum atomic E-state index is 13.3. The Balaban J connectivity index is 1.64. The Bertz CT molecular complexity index is 1320. The molecule has 1 unspecified atom stereocenters. The number of carbonyl (C=O) groups excluding carboxylic acids is 2. The van der Waals surface area contributed by atoms with E-state index in [0.717, 1.165) is 30.6 Å². The van der Waals surface area contributed by atoms with Crippen LogP contribution in [-0.4, -0.2) is 52.8 Å². The van der Waals surface area contributed by atoms with Crippen molar-refractivity contribution in [2.45, 2.75) is 46.8 Å². The highest BCUT2D eigenvalue weighted by Crippen LogP contribution is 2.39. The number of Topliss-reactive ketones (excluding diaryl/α,β-unsaturated/α-hetero) is 1. The second kappa shape index (κ2) is 12.8. The van der Waals surface area contributed by atoms with E-state index >= 15 is 0 Å². The predicted molar refractivity (Wildman–Crippen MR) is 155 cm³/mol. The van der Waals surface area contributed by atoms with Gasteiger partial charge in [0.1, 0.15) is 18.1 Å². The fraction of sp³-hybridized carbons (Fsp3) is 0.333. The third-order valence-corrected chi connectivity index (χ3v) is 7.41. The van der Waals surface area contributed by atoms with Gasteiger partial charge in [0.05, 0.1) is 11.6 Å². The Morgan fingerprint density at radius 1 is 0.923 bits per heavy atom. The summed E-state index contributed by atoms with van der Waals surface area (Å²) in [5.41, 5.74) is 4.81. The quantitative estimate of drug-likeness (QED) is 0.191.